The summed E-state index contributed by atoms with van der Waals surface area (Å²) in [4.78, 5) is 12.0. The standard InChI is InChI=1S/C21H24FNO/c22-20-11-9-19(10-12-20)18-7-5-17(6-8-18)15-21(24)23-14-13-16-3-1-2-4-16/h5-12,16H,1-4,13-15H2,(H,23,24). The van der Waals surface area contributed by atoms with Crippen LogP contribution in [0.5, 0.6) is 0 Å². The van der Waals surface area contributed by atoms with Crippen LogP contribution in [0.2, 0.25) is 0 Å². The van der Waals surface area contributed by atoms with Crippen LogP contribution >= 0.6 is 0 Å². The van der Waals surface area contributed by atoms with Crippen LogP contribution in [0.4, 0.5) is 4.39 Å². The van der Waals surface area contributed by atoms with Gasteiger partial charge in [0.1, 0.15) is 5.82 Å². The molecule has 3 rings (SSSR count). The van der Waals surface area contributed by atoms with Crippen LogP contribution in [0.15, 0.2) is 48.5 Å². The van der Waals surface area contributed by atoms with Crippen molar-refractivity contribution in [2.45, 2.75) is 38.5 Å². The summed E-state index contributed by atoms with van der Waals surface area (Å²) in [5.41, 5.74) is 3.00. The fourth-order valence-corrected chi connectivity index (χ4v) is 3.42. The Balaban J connectivity index is 1.48. The second kappa shape index (κ2) is 8.09. The third-order valence-corrected chi connectivity index (χ3v) is 4.85. The van der Waals surface area contributed by atoms with Crippen molar-refractivity contribution in [1.82, 2.24) is 5.32 Å². The lowest BCUT2D eigenvalue weighted by Crippen LogP contribution is -2.27. The highest BCUT2D eigenvalue weighted by atomic mass is 19.1. The summed E-state index contributed by atoms with van der Waals surface area (Å²) in [5, 5.41) is 3.03. The van der Waals surface area contributed by atoms with E-state index in [9.17, 15) is 9.18 Å². The predicted molar refractivity (Wildman–Crippen MR) is 95.1 cm³/mol. The Morgan fingerprint density at radius 2 is 1.54 bits per heavy atom. The van der Waals surface area contributed by atoms with Crippen LogP contribution in [0.25, 0.3) is 11.1 Å². The first-order valence-corrected chi connectivity index (χ1v) is 8.82. The molecule has 1 aliphatic carbocycles. The molecule has 0 bridgehead atoms. The van der Waals surface area contributed by atoms with Crippen molar-refractivity contribution in [2.75, 3.05) is 6.54 Å². The lowest BCUT2D eigenvalue weighted by Gasteiger charge is -2.10. The van der Waals surface area contributed by atoms with Crippen molar-refractivity contribution in [3.05, 3.63) is 59.9 Å². The van der Waals surface area contributed by atoms with Crippen LogP contribution in [0.3, 0.4) is 0 Å². The molecule has 0 unspecified atom stereocenters. The van der Waals surface area contributed by atoms with Gasteiger partial charge in [0.2, 0.25) is 5.91 Å². The van der Waals surface area contributed by atoms with Crippen LogP contribution in [-0.2, 0) is 11.2 Å². The van der Waals surface area contributed by atoms with E-state index >= 15 is 0 Å². The third kappa shape index (κ3) is 4.67. The van der Waals surface area contributed by atoms with Crippen molar-refractivity contribution < 1.29 is 9.18 Å². The van der Waals surface area contributed by atoms with Gasteiger partial charge in [-0.2, -0.15) is 0 Å². The van der Waals surface area contributed by atoms with Crippen molar-refractivity contribution >= 4 is 5.91 Å². The summed E-state index contributed by atoms with van der Waals surface area (Å²) in [6.07, 6.45) is 6.85. The molecule has 126 valence electrons. The summed E-state index contributed by atoms with van der Waals surface area (Å²) in [6, 6.07) is 14.3. The highest BCUT2D eigenvalue weighted by Gasteiger charge is 2.14. The average molecular weight is 325 g/mol. The van der Waals surface area contributed by atoms with Gasteiger partial charge >= 0.3 is 0 Å². The van der Waals surface area contributed by atoms with Gasteiger partial charge in [-0.3, -0.25) is 4.79 Å². The fraction of sp³-hybridized carbons (Fsp3) is 0.381. The van der Waals surface area contributed by atoms with Gasteiger partial charge in [0.15, 0.2) is 0 Å². The lowest BCUT2D eigenvalue weighted by atomic mass is 10.0. The number of benzene rings is 2. The monoisotopic (exact) mass is 325 g/mol. The Hall–Kier alpha value is -2.16. The van der Waals surface area contributed by atoms with Gasteiger partial charge in [0.05, 0.1) is 6.42 Å². The van der Waals surface area contributed by atoms with Gasteiger partial charge in [-0.15, -0.1) is 0 Å². The molecule has 1 N–H and O–H groups in total. The summed E-state index contributed by atoms with van der Waals surface area (Å²) < 4.78 is 13.0. The number of carbonyl (C=O) groups excluding carboxylic acids is 1. The van der Waals surface area contributed by atoms with E-state index in [-0.39, 0.29) is 11.7 Å². The summed E-state index contributed by atoms with van der Waals surface area (Å²) >= 11 is 0. The lowest BCUT2D eigenvalue weighted by molar-refractivity contribution is -0.120. The smallest absolute Gasteiger partial charge is 0.224 e. The molecule has 0 radical (unpaired) electrons. The van der Waals surface area contributed by atoms with Gasteiger partial charge in [-0.25, -0.2) is 4.39 Å². The molecule has 1 aliphatic rings. The average Bonchev–Trinajstić information content (AvgIpc) is 3.10. The molecule has 2 aromatic carbocycles. The maximum Gasteiger partial charge on any atom is 0.224 e. The number of rotatable bonds is 6. The van der Waals surface area contributed by atoms with E-state index in [1.165, 1.54) is 37.8 Å². The summed E-state index contributed by atoms with van der Waals surface area (Å²) in [6.45, 7) is 0.789. The highest BCUT2D eigenvalue weighted by Crippen LogP contribution is 2.26. The number of hydrogen-bond acceptors (Lipinski definition) is 1. The Labute approximate surface area is 143 Å². The van der Waals surface area contributed by atoms with E-state index in [1.807, 2.05) is 24.3 Å². The molecule has 1 fully saturated rings. The summed E-state index contributed by atoms with van der Waals surface area (Å²) in [5.74, 6) is 0.660. The number of carbonyl (C=O) groups is 1. The van der Waals surface area contributed by atoms with Crippen molar-refractivity contribution in [3.63, 3.8) is 0 Å². The second-order valence-corrected chi connectivity index (χ2v) is 6.67. The number of hydrogen-bond donors (Lipinski definition) is 1. The fourth-order valence-electron chi connectivity index (χ4n) is 3.42. The van der Waals surface area contributed by atoms with Gasteiger partial charge in [0.25, 0.3) is 0 Å². The minimum atomic E-state index is -0.232. The van der Waals surface area contributed by atoms with Crippen LogP contribution in [0, 0.1) is 11.7 Å². The molecule has 1 saturated carbocycles. The molecular formula is C21H24FNO. The Morgan fingerprint density at radius 3 is 2.17 bits per heavy atom. The SMILES string of the molecule is O=C(Cc1ccc(-c2ccc(F)cc2)cc1)NCCC1CCCC1. The molecule has 3 heteroatoms. The largest absolute Gasteiger partial charge is 0.356 e. The first-order valence-electron chi connectivity index (χ1n) is 8.82. The zero-order valence-corrected chi connectivity index (χ0v) is 13.9. The van der Waals surface area contributed by atoms with E-state index in [0.29, 0.717) is 6.42 Å². The van der Waals surface area contributed by atoms with Gasteiger partial charge in [-0.05, 0) is 41.2 Å². The topological polar surface area (TPSA) is 29.1 Å². The number of halogens is 1. The number of amides is 1. The molecule has 24 heavy (non-hydrogen) atoms. The molecule has 0 aliphatic heterocycles. The number of nitrogens with one attached hydrogen (secondary N) is 1. The van der Waals surface area contributed by atoms with E-state index in [2.05, 4.69) is 5.32 Å². The normalized spacial score (nSPS) is 14.7. The van der Waals surface area contributed by atoms with E-state index in [4.69, 9.17) is 0 Å². The predicted octanol–water partition coefficient (Wildman–Crippen LogP) is 4.73. The van der Waals surface area contributed by atoms with Gasteiger partial charge < -0.3 is 5.32 Å². The quantitative estimate of drug-likeness (QED) is 0.817. The van der Waals surface area contributed by atoms with Crippen molar-refractivity contribution in [2.24, 2.45) is 5.92 Å². The van der Waals surface area contributed by atoms with E-state index in [0.717, 1.165) is 35.6 Å². The zero-order valence-electron chi connectivity index (χ0n) is 13.9. The highest BCUT2D eigenvalue weighted by molar-refractivity contribution is 5.78. The molecule has 0 atom stereocenters. The molecule has 0 aromatic heterocycles. The van der Waals surface area contributed by atoms with Crippen LogP contribution < -0.4 is 5.32 Å². The molecule has 2 aromatic rings. The Morgan fingerprint density at radius 1 is 0.958 bits per heavy atom. The maximum absolute atomic E-state index is 13.0. The molecule has 0 heterocycles. The van der Waals surface area contributed by atoms with Crippen LogP contribution in [-0.4, -0.2) is 12.5 Å². The summed E-state index contributed by atoms with van der Waals surface area (Å²) in [7, 11) is 0. The third-order valence-electron chi connectivity index (χ3n) is 4.85. The molecule has 0 saturated heterocycles. The van der Waals surface area contributed by atoms with Crippen molar-refractivity contribution in [1.29, 1.82) is 0 Å². The first kappa shape index (κ1) is 16.7. The van der Waals surface area contributed by atoms with E-state index < -0.39 is 0 Å². The second-order valence-electron chi connectivity index (χ2n) is 6.67. The maximum atomic E-state index is 13.0. The Bertz CT molecular complexity index is 657. The Kier molecular flexibility index (Phi) is 5.63. The van der Waals surface area contributed by atoms with Gasteiger partial charge in [-0.1, -0.05) is 62.1 Å². The molecule has 1 amide bonds. The molecular weight excluding hydrogens is 301 g/mol. The van der Waals surface area contributed by atoms with Gasteiger partial charge in [0, 0.05) is 6.54 Å². The molecule has 2 nitrogen and oxygen atoms in total. The minimum absolute atomic E-state index is 0.0857. The van der Waals surface area contributed by atoms with E-state index in [1.54, 1.807) is 12.1 Å². The van der Waals surface area contributed by atoms with Crippen molar-refractivity contribution in [3.8, 4) is 11.1 Å². The zero-order chi connectivity index (χ0) is 16.8. The first-order chi connectivity index (χ1) is 11.7. The molecule has 0 spiro atoms. The minimum Gasteiger partial charge on any atom is -0.356 e. The van der Waals surface area contributed by atoms with Crippen LogP contribution in [0.1, 0.15) is 37.7 Å².